The standard InChI is InChI=1S/C59H85N5O21/c1-75-50-35(27-65)80-58(43(47(50)72)63-25-13-22-33-17-8-4-9-18-33)85-54-39(31-69)81-59(44(49(54)74)64-26-14-23-34-19-10-5-11-20-34)84-52-37(29-67)78-55(41(61)46(52)71)82-51-36(28-66)77-56(40(60)45(51)70)83-53-38(30-68)79-57(76-2)42(48(53)73)62-24-12-21-32-15-6-3-7-16-32/h3-23,35-59,62-74H,24-31,60-61H2,1-2H3. The van der Waals surface area contributed by atoms with Gasteiger partial charge in [0.15, 0.2) is 31.5 Å². The van der Waals surface area contributed by atoms with Crippen molar-refractivity contribution in [3.63, 3.8) is 0 Å². The van der Waals surface area contributed by atoms with Gasteiger partial charge >= 0.3 is 0 Å². The van der Waals surface area contributed by atoms with Gasteiger partial charge in [0.25, 0.3) is 0 Å². The maximum atomic E-state index is 12.4. The second kappa shape index (κ2) is 32.9. The van der Waals surface area contributed by atoms with Gasteiger partial charge in [-0.3, -0.25) is 0 Å². The molecular weight excluding hydrogens is 1110 g/mol. The van der Waals surface area contributed by atoms with E-state index in [4.69, 9.17) is 63.6 Å². The first-order valence-corrected chi connectivity index (χ1v) is 28.5. The summed E-state index contributed by atoms with van der Waals surface area (Å²) in [7, 11) is 2.75. The SMILES string of the molecule is COC1OC(CO)C(OC2OC(CO)C(OC3OC(CO)C(OC4OC(CO)C(OC5OC(CO)C(OC)C(O)C5NCC=Cc5ccccc5)C(O)C4NCC=Cc4ccccc4)C(O)C3N)C(O)C2N)C(O)C1NCC=Cc1ccccc1. The normalized spacial score (nSPS) is 39.2. The summed E-state index contributed by atoms with van der Waals surface area (Å²) in [6, 6.07) is 22.4. The molecule has 3 aromatic carbocycles. The summed E-state index contributed by atoms with van der Waals surface area (Å²) in [6.07, 6.45) is -17.0. The van der Waals surface area contributed by atoms with Crippen LogP contribution in [0.3, 0.4) is 0 Å². The summed E-state index contributed by atoms with van der Waals surface area (Å²) in [5.41, 5.74) is 15.9. The van der Waals surface area contributed by atoms with Crippen molar-refractivity contribution in [1.29, 1.82) is 0 Å². The highest BCUT2D eigenvalue weighted by Gasteiger charge is 2.56. The predicted octanol–water partition coefficient (Wildman–Crippen LogP) is -3.75. The topological polar surface area (TPSA) is 392 Å². The van der Waals surface area contributed by atoms with Crippen molar-refractivity contribution in [3.8, 4) is 0 Å². The summed E-state index contributed by atoms with van der Waals surface area (Å²) in [4.78, 5) is 0. The Morgan fingerprint density at radius 2 is 0.647 bits per heavy atom. The first-order chi connectivity index (χ1) is 41.3. The Morgan fingerprint density at radius 1 is 0.376 bits per heavy atom. The van der Waals surface area contributed by atoms with E-state index in [-0.39, 0.29) is 19.6 Å². The lowest BCUT2D eigenvalue weighted by Crippen LogP contribution is -2.71. The van der Waals surface area contributed by atoms with E-state index < -0.39 is 186 Å². The van der Waals surface area contributed by atoms with Gasteiger partial charge in [-0.15, -0.1) is 0 Å². The third-order valence-electron chi connectivity index (χ3n) is 15.8. The van der Waals surface area contributed by atoms with E-state index >= 15 is 0 Å². The molecule has 26 heteroatoms. The van der Waals surface area contributed by atoms with Crippen LogP contribution in [-0.4, -0.2) is 271 Å². The molecule has 5 heterocycles. The fourth-order valence-corrected chi connectivity index (χ4v) is 11.2. The quantitative estimate of drug-likeness (QED) is 0.0349. The van der Waals surface area contributed by atoms with Gasteiger partial charge in [0.05, 0.1) is 63.2 Å². The molecule has 0 bridgehead atoms. The van der Waals surface area contributed by atoms with E-state index in [2.05, 4.69) is 16.0 Å². The van der Waals surface area contributed by atoms with Crippen molar-refractivity contribution in [2.75, 3.05) is 66.9 Å². The van der Waals surface area contributed by atoms with E-state index in [1.165, 1.54) is 14.2 Å². The van der Waals surface area contributed by atoms with Crippen molar-refractivity contribution < 1.29 is 103 Å². The molecule has 0 saturated carbocycles. The molecule has 5 fully saturated rings. The monoisotopic (exact) mass is 1200 g/mol. The number of methoxy groups -OCH3 is 2. The summed E-state index contributed by atoms with van der Waals surface area (Å²) < 4.78 is 67.1. The Labute approximate surface area is 493 Å². The molecule has 5 saturated heterocycles. The van der Waals surface area contributed by atoms with Crippen LogP contribution in [0.1, 0.15) is 16.7 Å². The molecule has 0 radical (unpaired) electrons. The van der Waals surface area contributed by atoms with Crippen LogP contribution < -0.4 is 27.4 Å². The number of benzene rings is 3. The summed E-state index contributed by atoms with van der Waals surface area (Å²) in [5.74, 6) is 0. The minimum Gasteiger partial charge on any atom is -0.394 e. The van der Waals surface area contributed by atoms with Gasteiger partial charge in [-0.25, -0.2) is 0 Å². The second-order valence-electron chi connectivity index (χ2n) is 21.3. The van der Waals surface area contributed by atoms with Crippen LogP contribution in [0, 0.1) is 0 Å². The molecule has 17 N–H and O–H groups in total. The van der Waals surface area contributed by atoms with Gasteiger partial charge in [0, 0.05) is 33.9 Å². The maximum Gasteiger partial charge on any atom is 0.176 e. The van der Waals surface area contributed by atoms with Gasteiger partial charge in [0.1, 0.15) is 91.6 Å². The van der Waals surface area contributed by atoms with Gasteiger partial charge in [-0.1, -0.05) is 127 Å². The number of nitrogens with two attached hydrogens (primary N) is 2. The molecule has 0 aromatic heterocycles. The minimum atomic E-state index is -1.74. The second-order valence-corrected chi connectivity index (χ2v) is 21.3. The Balaban J connectivity index is 0.951. The fraction of sp³-hybridized carbons (Fsp3) is 0.593. The number of ether oxygens (including phenoxy) is 11. The number of rotatable bonds is 27. The Hall–Kier alpha value is -4.16. The molecule has 5 aliphatic heterocycles. The van der Waals surface area contributed by atoms with E-state index in [0.29, 0.717) is 0 Å². The Kier molecular flexibility index (Phi) is 25.8. The summed E-state index contributed by atoms with van der Waals surface area (Å²) in [6.45, 7) is -2.97. The highest BCUT2D eigenvalue weighted by Crippen LogP contribution is 2.36. The predicted molar refractivity (Wildman–Crippen MR) is 304 cm³/mol. The Bertz CT molecular complexity index is 2480. The van der Waals surface area contributed by atoms with Crippen molar-refractivity contribution in [1.82, 2.24) is 16.0 Å². The van der Waals surface area contributed by atoms with E-state index in [1.54, 1.807) is 6.08 Å². The molecule has 3 aromatic rings. The largest absolute Gasteiger partial charge is 0.394 e. The van der Waals surface area contributed by atoms with Gasteiger partial charge in [-0.05, 0) is 16.7 Å². The Morgan fingerprint density at radius 3 is 0.965 bits per heavy atom. The zero-order valence-corrected chi connectivity index (χ0v) is 47.3. The molecule has 5 aliphatic rings. The first kappa shape index (κ1) is 66.8. The molecule has 0 aliphatic carbocycles. The van der Waals surface area contributed by atoms with Gasteiger partial charge in [-0.2, -0.15) is 0 Å². The molecule has 25 unspecified atom stereocenters. The highest BCUT2D eigenvalue weighted by molar-refractivity contribution is 5.50. The lowest BCUT2D eigenvalue weighted by atomic mass is 9.93. The van der Waals surface area contributed by atoms with Crippen LogP contribution in [0.4, 0.5) is 0 Å². The molecule has 85 heavy (non-hydrogen) atoms. The number of aliphatic hydroxyl groups is 10. The highest BCUT2D eigenvalue weighted by atomic mass is 16.8. The molecule has 0 amide bonds. The number of hydrogen-bond acceptors (Lipinski definition) is 26. The van der Waals surface area contributed by atoms with Crippen molar-refractivity contribution in [2.45, 2.75) is 153 Å². The van der Waals surface area contributed by atoms with E-state index in [1.807, 2.05) is 121 Å². The van der Waals surface area contributed by atoms with E-state index in [0.717, 1.165) is 16.7 Å². The zero-order chi connectivity index (χ0) is 60.6. The maximum absolute atomic E-state index is 12.4. The smallest absolute Gasteiger partial charge is 0.176 e. The average molecular weight is 1200 g/mol. The third kappa shape index (κ3) is 16.6. The number of nitrogens with one attached hydrogen (secondary N) is 3. The van der Waals surface area contributed by atoms with Crippen molar-refractivity contribution >= 4 is 18.2 Å². The number of aliphatic hydroxyl groups excluding tert-OH is 10. The molecule has 472 valence electrons. The average Bonchev–Trinajstić information content (AvgIpc) is 3.14. The molecule has 25 atom stereocenters. The molecule has 8 rings (SSSR count). The summed E-state index contributed by atoms with van der Waals surface area (Å²) in [5, 5.41) is 122. The van der Waals surface area contributed by atoms with Crippen LogP contribution in [0.5, 0.6) is 0 Å². The molecule has 0 spiro atoms. The van der Waals surface area contributed by atoms with Gasteiger partial charge < -0.3 is 131 Å². The minimum absolute atomic E-state index is 0.0971. The fourth-order valence-electron chi connectivity index (χ4n) is 11.2. The lowest BCUT2D eigenvalue weighted by Gasteiger charge is -2.51. The van der Waals surface area contributed by atoms with Crippen LogP contribution in [0.25, 0.3) is 18.2 Å². The van der Waals surface area contributed by atoms with Crippen molar-refractivity contribution in [3.05, 3.63) is 126 Å². The zero-order valence-electron chi connectivity index (χ0n) is 47.3. The van der Waals surface area contributed by atoms with Crippen LogP contribution in [0.2, 0.25) is 0 Å². The number of hydrogen-bond donors (Lipinski definition) is 15. The third-order valence-corrected chi connectivity index (χ3v) is 15.8. The van der Waals surface area contributed by atoms with Crippen LogP contribution >= 0.6 is 0 Å². The molecular formula is C59H85N5O21. The molecule has 26 nitrogen and oxygen atoms in total. The summed E-state index contributed by atoms with van der Waals surface area (Å²) >= 11 is 0. The first-order valence-electron chi connectivity index (χ1n) is 28.5. The van der Waals surface area contributed by atoms with Crippen LogP contribution in [-0.2, 0) is 52.1 Å². The van der Waals surface area contributed by atoms with Crippen molar-refractivity contribution in [2.24, 2.45) is 11.5 Å². The van der Waals surface area contributed by atoms with Gasteiger partial charge in [0.2, 0.25) is 0 Å². The van der Waals surface area contributed by atoms with Crippen LogP contribution in [0.15, 0.2) is 109 Å². The van der Waals surface area contributed by atoms with E-state index in [9.17, 15) is 51.1 Å². The lowest BCUT2D eigenvalue weighted by molar-refractivity contribution is -0.366.